The Balaban J connectivity index is 2.26. The number of urea groups is 1. The Hall–Kier alpha value is -0.820. The van der Waals surface area contributed by atoms with Crippen LogP contribution in [0, 0.1) is 11.3 Å². The van der Waals surface area contributed by atoms with Gasteiger partial charge < -0.3 is 10.6 Å². The van der Waals surface area contributed by atoms with E-state index in [1.165, 1.54) is 10.6 Å². The van der Waals surface area contributed by atoms with E-state index in [-0.39, 0.29) is 17.4 Å². The standard InChI is InChI=1S/C13H27N3O3S/c1-5-13(2,3)10-15-12(17)14-8-11-6-7-16(9-11)20(4,18)19/h11H,5-10H2,1-4H3,(H2,14,15,17)/t11-/m1/s1. The minimum absolute atomic E-state index is 0.0950. The van der Waals surface area contributed by atoms with Crippen LogP contribution in [0.15, 0.2) is 0 Å². The van der Waals surface area contributed by atoms with Crippen molar-refractivity contribution in [3.8, 4) is 0 Å². The molecule has 1 atom stereocenters. The molecule has 0 aromatic heterocycles. The first-order valence-corrected chi connectivity index (χ1v) is 8.96. The second-order valence-corrected chi connectivity index (χ2v) is 8.34. The zero-order chi connectivity index (χ0) is 15.4. The molecule has 0 aliphatic carbocycles. The van der Waals surface area contributed by atoms with Gasteiger partial charge in [-0.05, 0) is 24.2 Å². The zero-order valence-electron chi connectivity index (χ0n) is 12.9. The van der Waals surface area contributed by atoms with E-state index >= 15 is 0 Å². The maximum Gasteiger partial charge on any atom is 0.314 e. The van der Waals surface area contributed by atoms with Gasteiger partial charge in [-0.3, -0.25) is 0 Å². The summed E-state index contributed by atoms with van der Waals surface area (Å²) in [7, 11) is -3.10. The zero-order valence-corrected chi connectivity index (χ0v) is 13.7. The first-order chi connectivity index (χ1) is 9.14. The summed E-state index contributed by atoms with van der Waals surface area (Å²) in [6, 6.07) is -0.177. The van der Waals surface area contributed by atoms with Crippen molar-refractivity contribution < 1.29 is 13.2 Å². The van der Waals surface area contributed by atoms with Gasteiger partial charge in [0.1, 0.15) is 0 Å². The number of nitrogens with one attached hydrogen (secondary N) is 2. The SMILES string of the molecule is CCC(C)(C)CNC(=O)NC[C@H]1CCN(S(C)(=O)=O)C1. The maximum atomic E-state index is 11.7. The third-order valence-electron chi connectivity index (χ3n) is 3.95. The van der Waals surface area contributed by atoms with Gasteiger partial charge in [0.15, 0.2) is 0 Å². The van der Waals surface area contributed by atoms with Crippen molar-refractivity contribution in [2.45, 2.75) is 33.6 Å². The maximum absolute atomic E-state index is 11.7. The summed E-state index contributed by atoms with van der Waals surface area (Å²) >= 11 is 0. The molecule has 6 nitrogen and oxygen atoms in total. The average molecular weight is 305 g/mol. The second kappa shape index (κ2) is 6.76. The molecule has 1 fully saturated rings. The molecule has 0 aromatic carbocycles. The number of nitrogens with zero attached hydrogens (tertiary/aromatic N) is 1. The number of sulfonamides is 1. The lowest BCUT2D eigenvalue weighted by atomic mass is 9.90. The number of hydrogen-bond donors (Lipinski definition) is 2. The third-order valence-corrected chi connectivity index (χ3v) is 5.22. The Morgan fingerprint density at radius 3 is 2.50 bits per heavy atom. The summed E-state index contributed by atoms with van der Waals surface area (Å²) < 4.78 is 24.2. The van der Waals surface area contributed by atoms with Crippen molar-refractivity contribution >= 4 is 16.1 Å². The van der Waals surface area contributed by atoms with Crippen LogP contribution in [0.1, 0.15) is 33.6 Å². The van der Waals surface area contributed by atoms with Crippen molar-refractivity contribution in [3.05, 3.63) is 0 Å². The van der Waals surface area contributed by atoms with E-state index in [0.29, 0.717) is 26.2 Å². The Morgan fingerprint density at radius 1 is 1.35 bits per heavy atom. The van der Waals surface area contributed by atoms with Crippen LogP contribution in [-0.4, -0.2) is 51.2 Å². The van der Waals surface area contributed by atoms with Gasteiger partial charge in [0.25, 0.3) is 0 Å². The Morgan fingerprint density at radius 2 is 2.00 bits per heavy atom. The van der Waals surface area contributed by atoms with Gasteiger partial charge in [0.05, 0.1) is 6.26 Å². The van der Waals surface area contributed by atoms with Crippen LogP contribution in [0.25, 0.3) is 0 Å². The largest absolute Gasteiger partial charge is 0.338 e. The monoisotopic (exact) mass is 305 g/mol. The minimum Gasteiger partial charge on any atom is -0.338 e. The van der Waals surface area contributed by atoms with Crippen molar-refractivity contribution in [2.24, 2.45) is 11.3 Å². The third kappa shape index (κ3) is 5.66. The molecule has 0 unspecified atom stereocenters. The van der Waals surface area contributed by atoms with Crippen molar-refractivity contribution in [2.75, 3.05) is 32.4 Å². The molecule has 118 valence electrons. The number of rotatable bonds is 6. The fraction of sp³-hybridized carbons (Fsp3) is 0.923. The smallest absolute Gasteiger partial charge is 0.314 e. The highest BCUT2D eigenvalue weighted by atomic mass is 32.2. The highest BCUT2D eigenvalue weighted by Crippen LogP contribution is 2.18. The van der Waals surface area contributed by atoms with Crippen molar-refractivity contribution in [3.63, 3.8) is 0 Å². The Labute approximate surface area is 122 Å². The van der Waals surface area contributed by atoms with Crippen LogP contribution in [0.5, 0.6) is 0 Å². The van der Waals surface area contributed by atoms with Crippen LogP contribution in [0.2, 0.25) is 0 Å². The summed E-state index contributed by atoms with van der Waals surface area (Å²) in [4.78, 5) is 11.7. The molecule has 7 heteroatoms. The van der Waals surface area contributed by atoms with E-state index in [2.05, 4.69) is 31.4 Å². The molecule has 0 saturated carbocycles. The van der Waals surface area contributed by atoms with Gasteiger partial charge in [-0.2, -0.15) is 0 Å². The molecular weight excluding hydrogens is 278 g/mol. The van der Waals surface area contributed by atoms with E-state index in [1.54, 1.807) is 0 Å². The molecule has 0 radical (unpaired) electrons. The quantitative estimate of drug-likeness (QED) is 0.768. The summed E-state index contributed by atoms with van der Waals surface area (Å²) in [6.07, 6.45) is 3.02. The molecule has 1 rings (SSSR count). The summed E-state index contributed by atoms with van der Waals surface area (Å²) in [5.41, 5.74) is 0.0950. The van der Waals surface area contributed by atoms with Gasteiger partial charge in [0.2, 0.25) is 10.0 Å². The molecule has 0 bridgehead atoms. The molecule has 1 saturated heterocycles. The summed E-state index contributed by atoms with van der Waals surface area (Å²) in [6.45, 7) is 8.51. The van der Waals surface area contributed by atoms with Crippen LogP contribution in [0.3, 0.4) is 0 Å². The highest BCUT2D eigenvalue weighted by Gasteiger charge is 2.28. The van der Waals surface area contributed by atoms with E-state index in [9.17, 15) is 13.2 Å². The fourth-order valence-electron chi connectivity index (χ4n) is 2.01. The van der Waals surface area contributed by atoms with Crippen LogP contribution in [-0.2, 0) is 10.0 Å². The Kier molecular flexibility index (Phi) is 5.82. The summed E-state index contributed by atoms with van der Waals surface area (Å²) in [5, 5.41) is 5.68. The normalized spacial score (nSPS) is 20.9. The molecule has 2 amide bonds. The number of amides is 2. The minimum atomic E-state index is -3.10. The van der Waals surface area contributed by atoms with Crippen molar-refractivity contribution in [1.29, 1.82) is 0 Å². The lowest BCUT2D eigenvalue weighted by molar-refractivity contribution is 0.231. The molecule has 1 heterocycles. The van der Waals surface area contributed by atoms with Gasteiger partial charge in [0, 0.05) is 26.2 Å². The molecule has 2 N–H and O–H groups in total. The van der Waals surface area contributed by atoms with Crippen molar-refractivity contribution in [1.82, 2.24) is 14.9 Å². The van der Waals surface area contributed by atoms with Crippen LogP contribution >= 0.6 is 0 Å². The number of carbonyl (C=O) groups excluding carboxylic acids is 1. The van der Waals surface area contributed by atoms with E-state index in [1.807, 2.05) is 0 Å². The van der Waals surface area contributed by atoms with E-state index < -0.39 is 10.0 Å². The molecule has 1 aliphatic heterocycles. The van der Waals surface area contributed by atoms with Gasteiger partial charge in [-0.15, -0.1) is 0 Å². The molecule has 0 spiro atoms. The number of hydrogen-bond acceptors (Lipinski definition) is 3. The van der Waals surface area contributed by atoms with Gasteiger partial charge >= 0.3 is 6.03 Å². The van der Waals surface area contributed by atoms with E-state index in [4.69, 9.17) is 0 Å². The lowest BCUT2D eigenvalue weighted by Gasteiger charge is -2.23. The molecule has 20 heavy (non-hydrogen) atoms. The molecular formula is C13H27N3O3S. The lowest BCUT2D eigenvalue weighted by Crippen LogP contribution is -2.42. The predicted octanol–water partition coefficient (Wildman–Crippen LogP) is 1.00. The number of carbonyl (C=O) groups is 1. The predicted molar refractivity (Wildman–Crippen MR) is 80.0 cm³/mol. The van der Waals surface area contributed by atoms with Gasteiger partial charge in [-0.25, -0.2) is 17.5 Å². The fourth-order valence-corrected chi connectivity index (χ4v) is 2.93. The second-order valence-electron chi connectivity index (χ2n) is 6.36. The first kappa shape index (κ1) is 17.2. The molecule has 0 aromatic rings. The Bertz CT molecular complexity index is 434. The first-order valence-electron chi connectivity index (χ1n) is 7.11. The molecule has 1 aliphatic rings. The van der Waals surface area contributed by atoms with Crippen LogP contribution < -0.4 is 10.6 Å². The van der Waals surface area contributed by atoms with Crippen LogP contribution in [0.4, 0.5) is 4.79 Å². The topological polar surface area (TPSA) is 78.5 Å². The van der Waals surface area contributed by atoms with E-state index in [0.717, 1.165) is 12.8 Å². The average Bonchev–Trinajstić information content (AvgIpc) is 2.82. The summed E-state index contributed by atoms with van der Waals surface area (Å²) in [5.74, 6) is 0.203. The van der Waals surface area contributed by atoms with Gasteiger partial charge in [-0.1, -0.05) is 20.8 Å². The highest BCUT2D eigenvalue weighted by molar-refractivity contribution is 7.88.